The summed E-state index contributed by atoms with van der Waals surface area (Å²) in [5.74, 6) is 1.29. The molecule has 1 aliphatic rings. The van der Waals surface area contributed by atoms with Gasteiger partial charge in [-0.25, -0.2) is 4.79 Å². The van der Waals surface area contributed by atoms with Crippen molar-refractivity contribution in [3.05, 3.63) is 83.1 Å². The van der Waals surface area contributed by atoms with Gasteiger partial charge in [0.2, 0.25) is 11.5 Å². The van der Waals surface area contributed by atoms with Gasteiger partial charge in [-0.3, -0.25) is 4.79 Å². The zero-order valence-electron chi connectivity index (χ0n) is 17.7. The van der Waals surface area contributed by atoms with Crippen LogP contribution in [0, 0.1) is 0 Å². The predicted molar refractivity (Wildman–Crippen MR) is 117 cm³/mol. The van der Waals surface area contributed by atoms with Gasteiger partial charge in [0.15, 0.2) is 17.3 Å². The number of benzene rings is 3. The molecule has 0 aliphatic carbocycles. The maximum Gasteiger partial charge on any atom is 0.343 e. The smallest absolute Gasteiger partial charge is 0.343 e. The number of ketones is 1. The molecule has 7 nitrogen and oxygen atoms in total. The molecule has 0 saturated carbocycles. The van der Waals surface area contributed by atoms with Gasteiger partial charge < -0.3 is 23.7 Å². The molecule has 0 radical (unpaired) electrons. The number of methoxy groups -OCH3 is 3. The Bertz CT molecular complexity index is 1190. The summed E-state index contributed by atoms with van der Waals surface area (Å²) >= 11 is 0. The molecule has 0 atom stereocenters. The van der Waals surface area contributed by atoms with Gasteiger partial charge in [-0.1, -0.05) is 18.2 Å². The molecule has 4 rings (SSSR count). The fourth-order valence-corrected chi connectivity index (χ4v) is 3.31. The molecule has 3 aromatic rings. The van der Waals surface area contributed by atoms with E-state index in [0.717, 1.165) is 0 Å². The van der Waals surface area contributed by atoms with Crippen molar-refractivity contribution in [3.8, 4) is 28.7 Å². The van der Waals surface area contributed by atoms with Crippen LogP contribution in [0.4, 0.5) is 0 Å². The van der Waals surface area contributed by atoms with Crippen LogP contribution in [-0.2, 0) is 0 Å². The van der Waals surface area contributed by atoms with E-state index in [4.69, 9.17) is 23.7 Å². The van der Waals surface area contributed by atoms with Gasteiger partial charge in [-0.2, -0.15) is 0 Å². The van der Waals surface area contributed by atoms with Gasteiger partial charge in [0, 0.05) is 6.07 Å². The van der Waals surface area contributed by atoms with Crippen LogP contribution in [0.25, 0.3) is 6.08 Å². The highest BCUT2D eigenvalue weighted by atomic mass is 16.5. The molecule has 0 unspecified atom stereocenters. The minimum atomic E-state index is -0.497. The third-order valence-corrected chi connectivity index (χ3v) is 4.85. The van der Waals surface area contributed by atoms with Crippen molar-refractivity contribution in [1.29, 1.82) is 0 Å². The van der Waals surface area contributed by atoms with E-state index in [-0.39, 0.29) is 17.3 Å². The summed E-state index contributed by atoms with van der Waals surface area (Å²) in [6.07, 6.45) is 1.59. The van der Waals surface area contributed by atoms with Gasteiger partial charge in [0.1, 0.15) is 11.5 Å². The van der Waals surface area contributed by atoms with E-state index in [2.05, 4.69) is 0 Å². The Hall–Kier alpha value is -4.26. The number of Topliss-reactive ketones (excluding diaryl/α,β-unsaturated/α-hetero) is 1. The van der Waals surface area contributed by atoms with Crippen molar-refractivity contribution in [2.45, 2.75) is 0 Å². The van der Waals surface area contributed by atoms with Gasteiger partial charge in [0.25, 0.3) is 0 Å². The SMILES string of the molecule is COc1cc(/C=C2\Oc3cc(OC(=O)c4ccccc4)ccc3C2=O)cc(OC)c1OC. The molecule has 0 fully saturated rings. The normalized spacial score (nSPS) is 13.3. The zero-order valence-corrected chi connectivity index (χ0v) is 17.7. The Balaban J connectivity index is 1.59. The molecule has 1 heterocycles. The number of carbonyl (C=O) groups excluding carboxylic acids is 2. The lowest BCUT2D eigenvalue weighted by atomic mass is 10.1. The number of fused-ring (bicyclic) bond motifs is 1. The first-order chi connectivity index (χ1) is 15.5. The highest BCUT2D eigenvalue weighted by molar-refractivity contribution is 6.14. The van der Waals surface area contributed by atoms with E-state index in [0.29, 0.717) is 39.7 Å². The molecule has 0 spiro atoms. The van der Waals surface area contributed by atoms with Crippen molar-refractivity contribution in [3.63, 3.8) is 0 Å². The van der Waals surface area contributed by atoms with Crippen LogP contribution in [0.1, 0.15) is 26.3 Å². The largest absolute Gasteiger partial charge is 0.493 e. The van der Waals surface area contributed by atoms with Gasteiger partial charge >= 0.3 is 5.97 Å². The molecule has 32 heavy (non-hydrogen) atoms. The van der Waals surface area contributed by atoms with Crippen LogP contribution in [0.5, 0.6) is 28.7 Å². The summed E-state index contributed by atoms with van der Waals surface area (Å²) in [7, 11) is 4.54. The minimum Gasteiger partial charge on any atom is -0.493 e. The number of ether oxygens (including phenoxy) is 5. The van der Waals surface area contributed by atoms with E-state index in [1.54, 1.807) is 54.6 Å². The predicted octanol–water partition coefficient (Wildman–Crippen LogP) is 4.55. The standard InChI is InChI=1S/C25H20O7/c1-28-21-12-15(13-22(29-2)24(21)30-3)11-20-23(26)18-10-9-17(14-19(18)32-20)31-25(27)16-7-5-4-6-8-16/h4-14H,1-3H3/b20-11-. The molecule has 0 saturated heterocycles. The van der Waals surface area contributed by atoms with Gasteiger partial charge in [-0.05, 0) is 48.0 Å². The molecular formula is C25H20O7. The van der Waals surface area contributed by atoms with Gasteiger partial charge in [-0.15, -0.1) is 0 Å². The lowest BCUT2D eigenvalue weighted by Crippen LogP contribution is -2.08. The second kappa shape index (κ2) is 8.85. The summed E-state index contributed by atoms with van der Waals surface area (Å²) in [5, 5.41) is 0. The Morgan fingerprint density at radius 1 is 0.875 bits per heavy atom. The van der Waals surface area contributed by atoms with Crippen LogP contribution in [-0.4, -0.2) is 33.1 Å². The molecule has 7 heteroatoms. The number of carbonyl (C=O) groups is 2. The Morgan fingerprint density at radius 3 is 2.19 bits per heavy atom. The number of rotatable bonds is 6. The quantitative estimate of drug-likeness (QED) is 0.321. The Morgan fingerprint density at radius 2 is 1.56 bits per heavy atom. The first kappa shape index (κ1) is 21.0. The summed E-state index contributed by atoms with van der Waals surface area (Å²) < 4.78 is 27.2. The van der Waals surface area contributed by atoms with Crippen molar-refractivity contribution < 1.29 is 33.3 Å². The van der Waals surface area contributed by atoms with Crippen LogP contribution in [0.2, 0.25) is 0 Å². The Kier molecular flexibility index (Phi) is 5.81. The second-order valence-corrected chi connectivity index (χ2v) is 6.81. The molecule has 0 N–H and O–H groups in total. The maximum absolute atomic E-state index is 12.8. The van der Waals surface area contributed by atoms with Crippen LogP contribution >= 0.6 is 0 Å². The summed E-state index contributed by atoms with van der Waals surface area (Å²) in [5.41, 5.74) is 1.43. The number of allylic oxidation sites excluding steroid dienone is 1. The second-order valence-electron chi connectivity index (χ2n) is 6.81. The average Bonchev–Trinajstić information content (AvgIpc) is 3.13. The Labute approximate surface area is 184 Å². The fourth-order valence-electron chi connectivity index (χ4n) is 3.31. The molecule has 0 aromatic heterocycles. The number of hydrogen-bond acceptors (Lipinski definition) is 7. The van der Waals surface area contributed by atoms with E-state index >= 15 is 0 Å². The highest BCUT2D eigenvalue weighted by Gasteiger charge is 2.28. The first-order valence-corrected chi connectivity index (χ1v) is 9.69. The lowest BCUT2D eigenvalue weighted by molar-refractivity contribution is 0.0734. The summed E-state index contributed by atoms with van der Waals surface area (Å²) in [4.78, 5) is 25.1. The maximum atomic E-state index is 12.8. The van der Waals surface area contributed by atoms with Crippen LogP contribution < -0.4 is 23.7 Å². The number of hydrogen-bond donors (Lipinski definition) is 0. The minimum absolute atomic E-state index is 0.126. The summed E-state index contributed by atoms with van der Waals surface area (Å²) in [6, 6.07) is 16.7. The fraction of sp³-hybridized carbons (Fsp3) is 0.120. The topological polar surface area (TPSA) is 80.3 Å². The molecule has 1 aliphatic heterocycles. The molecular weight excluding hydrogens is 412 g/mol. The first-order valence-electron chi connectivity index (χ1n) is 9.69. The van der Waals surface area contributed by atoms with Crippen molar-refractivity contribution in [2.24, 2.45) is 0 Å². The number of esters is 1. The average molecular weight is 432 g/mol. The molecule has 3 aromatic carbocycles. The van der Waals surface area contributed by atoms with Crippen LogP contribution in [0.15, 0.2) is 66.4 Å². The van der Waals surface area contributed by atoms with Gasteiger partial charge in [0.05, 0.1) is 32.5 Å². The molecule has 162 valence electrons. The zero-order chi connectivity index (χ0) is 22.7. The van der Waals surface area contributed by atoms with E-state index in [1.165, 1.54) is 27.4 Å². The lowest BCUT2D eigenvalue weighted by Gasteiger charge is -2.13. The molecule has 0 bridgehead atoms. The third kappa shape index (κ3) is 4.00. The van der Waals surface area contributed by atoms with Crippen LogP contribution in [0.3, 0.4) is 0 Å². The van der Waals surface area contributed by atoms with E-state index in [1.807, 2.05) is 6.07 Å². The van der Waals surface area contributed by atoms with Crippen molar-refractivity contribution in [2.75, 3.05) is 21.3 Å². The van der Waals surface area contributed by atoms with Crippen molar-refractivity contribution >= 4 is 17.8 Å². The summed E-state index contributed by atoms with van der Waals surface area (Å²) in [6.45, 7) is 0. The third-order valence-electron chi connectivity index (χ3n) is 4.85. The monoisotopic (exact) mass is 432 g/mol. The highest BCUT2D eigenvalue weighted by Crippen LogP contribution is 2.40. The molecule has 0 amide bonds. The van der Waals surface area contributed by atoms with E-state index in [9.17, 15) is 9.59 Å². The van der Waals surface area contributed by atoms with Crippen molar-refractivity contribution in [1.82, 2.24) is 0 Å². The van der Waals surface area contributed by atoms with E-state index < -0.39 is 5.97 Å².